The number of aryl methyl sites for hydroxylation is 4. The number of benzene rings is 5. The lowest BCUT2D eigenvalue weighted by Crippen LogP contribution is -2.17. The fraction of sp³-hybridized carbons (Fsp3) is 0.216. The van der Waals surface area contributed by atoms with Crippen molar-refractivity contribution < 1.29 is 13.2 Å². The van der Waals surface area contributed by atoms with Crippen LogP contribution in [-0.4, -0.2) is 11.9 Å². The van der Waals surface area contributed by atoms with Gasteiger partial charge in [0.05, 0.1) is 5.56 Å². The second kappa shape index (κ2) is 13.6. The van der Waals surface area contributed by atoms with Crippen LogP contribution in [0, 0.1) is 13.8 Å². The third kappa shape index (κ3) is 5.69. The van der Waals surface area contributed by atoms with Crippen molar-refractivity contribution in [2.45, 2.75) is 71.3 Å². The molecule has 0 saturated carbocycles. The normalized spacial score (nSPS) is 16.4. The van der Waals surface area contributed by atoms with Crippen LogP contribution in [-0.2, 0) is 25.4 Å². The molecule has 0 amide bonds. The van der Waals surface area contributed by atoms with Crippen molar-refractivity contribution in [2.24, 2.45) is 0 Å². The molecule has 0 bridgehead atoms. The number of halogens is 3. The Morgan fingerprint density at radius 3 is 1.73 bits per heavy atom. The van der Waals surface area contributed by atoms with E-state index in [0.717, 1.165) is 79.2 Å². The molecule has 1 nitrogen and oxygen atoms in total. The lowest BCUT2D eigenvalue weighted by molar-refractivity contribution is -0.137. The molecule has 0 fully saturated rings. The summed E-state index contributed by atoms with van der Waals surface area (Å²) in [6.07, 6.45) is 3.10. The van der Waals surface area contributed by atoms with Crippen LogP contribution in [0.25, 0.3) is 39.1 Å². The number of hydrogen-bond acceptors (Lipinski definition) is 0. The number of rotatable bonds is 3. The zero-order chi connectivity index (χ0) is 38.1. The summed E-state index contributed by atoms with van der Waals surface area (Å²) in [5, 5.41) is 0. The highest BCUT2D eigenvalue weighted by Gasteiger charge is 2.39. The Hall–Kier alpha value is -5.55. The maximum absolute atomic E-state index is 14.2. The highest BCUT2D eigenvalue weighted by molar-refractivity contribution is 6.37. The van der Waals surface area contributed by atoms with E-state index in [4.69, 9.17) is 0 Å². The topological polar surface area (TPSA) is 4.93 Å². The Kier molecular flexibility index (Phi) is 8.47. The molecule has 0 saturated heterocycles. The quantitative estimate of drug-likeness (QED) is 0.159. The maximum atomic E-state index is 14.2. The van der Waals surface area contributed by atoms with Crippen molar-refractivity contribution in [3.05, 3.63) is 194 Å². The van der Waals surface area contributed by atoms with Crippen LogP contribution >= 0.6 is 0 Å². The molecule has 10 rings (SSSR count). The van der Waals surface area contributed by atoms with Gasteiger partial charge in [0, 0.05) is 28.1 Å². The van der Waals surface area contributed by atoms with Gasteiger partial charge in [-0.15, -0.1) is 0 Å². The lowest BCUT2D eigenvalue weighted by Gasteiger charge is -2.26. The average molecular weight is 737 g/mol. The average Bonchev–Trinajstić information content (AvgIpc) is 3.47. The third-order valence-corrected chi connectivity index (χ3v) is 12.4. The summed E-state index contributed by atoms with van der Waals surface area (Å²) in [6, 6.07) is 41.4. The van der Waals surface area contributed by atoms with Crippen molar-refractivity contribution in [1.82, 2.24) is 4.48 Å². The van der Waals surface area contributed by atoms with Gasteiger partial charge in [0.1, 0.15) is 0 Å². The first kappa shape index (κ1) is 34.9. The number of aromatic nitrogens is 1. The second-order valence-electron chi connectivity index (χ2n) is 15.9. The number of nitrogens with zero attached hydrogens (tertiary/aromatic N) is 1. The van der Waals surface area contributed by atoms with Crippen molar-refractivity contribution in [2.75, 3.05) is 0 Å². The zero-order valence-electron chi connectivity index (χ0n) is 31.9. The van der Waals surface area contributed by atoms with E-state index in [1.807, 2.05) is 0 Å². The summed E-state index contributed by atoms with van der Waals surface area (Å²) in [5.74, 6) is 0. The molecule has 1 radical (unpaired) electrons. The summed E-state index contributed by atoms with van der Waals surface area (Å²) in [4.78, 5) is 0. The van der Waals surface area contributed by atoms with Gasteiger partial charge in [-0.3, -0.25) is 0 Å². The van der Waals surface area contributed by atoms with Crippen LogP contribution in [0.1, 0.15) is 81.4 Å². The standard InChI is InChI=1S/C51H42BF3N/c1-31-17-21-35(22-18-31)44-41-15-7-11-33-9-3-5-13-39(33)47(41)42-29-30-52-56-49-40-14-6-4-10-34(40)12-8-16-43(49)45(36-23-19-32(2)20-24-36)50(56)46(48(42)44)37-25-27-38(28-26-37)51(53,54)55/h3-6,9-10,13-14,17-28H,7-8,11-12,15-16,29-30H2,1-2H3. The molecule has 5 aromatic carbocycles. The SMILES string of the molecule is Cc1ccc(C2=C3CCCc4ccccc4C3=C3CC[B]n4c(c(-c5ccc(C)cc5)c5c4-c4ccccc4CCC5)C(c4ccc(C(F)(F)F)cc4)=C32)cc1. The Labute approximate surface area is 328 Å². The van der Waals surface area contributed by atoms with E-state index < -0.39 is 11.7 Å². The second-order valence-corrected chi connectivity index (χ2v) is 15.9. The smallest absolute Gasteiger partial charge is 0.389 e. The Bertz CT molecular complexity index is 2630. The largest absolute Gasteiger partial charge is 0.416 e. The van der Waals surface area contributed by atoms with Crippen molar-refractivity contribution >= 4 is 24.1 Å². The first-order valence-corrected chi connectivity index (χ1v) is 20.1. The van der Waals surface area contributed by atoms with Crippen molar-refractivity contribution in [3.63, 3.8) is 0 Å². The summed E-state index contributed by atoms with van der Waals surface area (Å²) in [7, 11) is 2.38. The highest BCUT2D eigenvalue weighted by atomic mass is 19.4. The fourth-order valence-electron chi connectivity index (χ4n) is 9.93. The molecule has 0 N–H and O–H groups in total. The fourth-order valence-corrected chi connectivity index (χ4v) is 9.93. The van der Waals surface area contributed by atoms with E-state index in [9.17, 15) is 13.2 Å². The molecule has 0 spiro atoms. The van der Waals surface area contributed by atoms with Crippen molar-refractivity contribution in [3.8, 4) is 22.4 Å². The van der Waals surface area contributed by atoms with Gasteiger partial charge in [0.25, 0.3) is 7.41 Å². The van der Waals surface area contributed by atoms with Gasteiger partial charge in [-0.25, -0.2) is 0 Å². The van der Waals surface area contributed by atoms with Gasteiger partial charge in [-0.2, -0.15) is 13.2 Å². The van der Waals surface area contributed by atoms with Crippen LogP contribution in [0.15, 0.2) is 138 Å². The zero-order valence-corrected chi connectivity index (χ0v) is 31.9. The molecule has 6 aromatic rings. The molecule has 0 atom stereocenters. The van der Waals surface area contributed by atoms with Crippen LogP contribution < -0.4 is 0 Å². The van der Waals surface area contributed by atoms with Gasteiger partial charge < -0.3 is 4.48 Å². The molecule has 4 aliphatic rings. The first-order valence-electron chi connectivity index (χ1n) is 20.1. The molecule has 56 heavy (non-hydrogen) atoms. The Balaban J connectivity index is 1.41. The third-order valence-electron chi connectivity index (χ3n) is 12.4. The van der Waals surface area contributed by atoms with Gasteiger partial charge >= 0.3 is 6.18 Å². The molecule has 2 heterocycles. The molecule has 1 aromatic heterocycles. The van der Waals surface area contributed by atoms with Crippen LogP contribution in [0.5, 0.6) is 0 Å². The minimum absolute atomic E-state index is 0.635. The molecule has 3 aliphatic carbocycles. The summed E-state index contributed by atoms with van der Waals surface area (Å²) in [5.41, 5.74) is 22.2. The number of allylic oxidation sites excluding steroid dienone is 5. The van der Waals surface area contributed by atoms with Gasteiger partial charge in [0.15, 0.2) is 0 Å². The summed E-state index contributed by atoms with van der Waals surface area (Å²) in [6.45, 7) is 4.24. The van der Waals surface area contributed by atoms with Crippen LogP contribution in [0.2, 0.25) is 6.32 Å². The summed E-state index contributed by atoms with van der Waals surface area (Å²) >= 11 is 0. The number of fused-ring (bicyclic) bond motifs is 9. The van der Waals surface area contributed by atoms with E-state index in [1.165, 1.54) is 90.2 Å². The minimum Gasteiger partial charge on any atom is -0.389 e. The summed E-state index contributed by atoms with van der Waals surface area (Å²) < 4.78 is 45.2. The Morgan fingerprint density at radius 2 is 1.05 bits per heavy atom. The minimum atomic E-state index is -4.44. The molecule has 275 valence electrons. The van der Waals surface area contributed by atoms with Crippen LogP contribution in [0.4, 0.5) is 13.2 Å². The number of hydrogen-bond donors (Lipinski definition) is 0. The first-order chi connectivity index (χ1) is 27.3. The molecule has 5 heteroatoms. The van der Waals surface area contributed by atoms with Crippen molar-refractivity contribution in [1.29, 1.82) is 0 Å². The molecular formula is C51H42BF3N. The molecule has 0 unspecified atom stereocenters. The number of alkyl halides is 3. The lowest BCUT2D eigenvalue weighted by atomic mass is 9.75. The van der Waals surface area contributed by atoms with E-state index in [2.05, 4.69) is 123 Å². The van der Waals surface area contributed by atoms with Gasteiger partial charge in [-0.1, -0.05) is 127 Å². The predicted molar refractivity (Wildman–Crippen MR) is 225 cm³/mol. The van der Waals surface area contributed by atoms with Crippen LogP contribution in [0.3, 0.4) is 0 Å². The maximum Gasteiger partial charge on any atom is 0.416 e. The molecule has 1 aliphatic heterocycles. The monoisotopic (exact) mass is 736 g/mol. The Morgan fingerprint density at radius 1 is 0.500 bits per heavy atom. The van der Waals surface area contributed by atoms with E-state index >= 15 is 0 Å². The molecular weight excluding hydrogens is 694 g/mol. The van der Waals surface area contributed by atoms with Gasteiger partial charge in [-0.05, 0) is 138 Å². The van der Waals surface area contributed by atoms with E-state index in [0.29, 0.717) is 0 Å². The van der Waals surface area contributed by atoms with Gasteiger partial charge in [0.2, 0.25) is 0 Å². The van der Waals surface area contributed by atoms with E-state index in [1.54, 1.807) is 12.1 Å². The van der Waals surface area contributed by atoms with E-state index in [-0.39, 0.29) is 0 Å². The predicted octanol–water partition coefficient (Wildman–Crippen LogP) is 13.3. The highest BCUT2D eigenvalue weighted by Crippen LogP contribution is 2.57.